The Labute approximate surface area is 192 Å². The quantitative estimate of drug-likeness (QED) is 0.687. The maximum Gasteiger partial charge on any atom is 0.338 e. The van der Waals surface area contributed by atoms with Gasteiger partial charge in [0.1, 0.15) is 24.4 Å². The second-order valence-corrected chi connectivity index (χ2v) is 8.30. The third-order valence-electron chi connectivity index (χ3n) is 6.22. The Balaban J connectivity index is 1.31. The minimum Gasteiger partial charge on any atom is -0.462 e. The van der Waals surface area contributed by atoms with E-state index in [2.05, 4.69) is 19.1 Å². The summed E-state index contributed by atoms with van der Waals surface area (Å²) in [4.78, 5) is 11.9. The zero-order chi connectivity index (χ0) is 22.9. The number of hydrogen-bond donors (Lipinski definition) is 1. The molecule has 7 unspecified atom stereocenters. The van der Waals surface area contributed by atoms with Gasteiger partial charge in [-0.25, -0.2) is 4.79 Å². The summed E-state index contributed by atoms with van der Waals surface area (Å²) < 4.78 is 35.1. The number of aliphatic hydroxyl groups is 1. The Morgan fingerprint density at radius 3 is 2.21 bits per heavy atom. The average molecular weight is 456 g/mol. The Bertz CT molecular complexity index is 959. The van der Waals surface area contributed by atoms with Crippen LogP contribution in [0.5, 0.6) is 0 Å². The SMILES string of the molecule is CCOC(=O)c1ccc(C2OC3C(O)OC4COC(c5ccc(CC)cc5)OC4C3O2)cc1. The summed E-state index contributed by atoms with van der Waals surface area (Å²) in [5, 5.41) is 10.5. The minimum atomic E-state index is -1.16. The standard InChI is InChI=1S/C25H28O8/c1-3-14-5-7-16(8-6-14)24-29-13-18-19(31-24)20-21(23(27)30-18)33-25(32-20)17-11-9-15(10-12-17)22(26)28-4-2/h5-12,18-21,23-25,27H,3-4,13H2,1-2H3. The highest BCUT2D eigenvalue weighted by Gasteiger charge is 2.55. The van der Waals surface area contributed by atoms with Crippen LogP contribution >= 0.6 is 0 Å². The zero-order valence-corrected chi connectivity index (χ0v) is 18.6. The van der Waals surface area contributed by atoms with Gasteiger partial charge in [-0.3, -0.25) is 0 Å². The largest absolute Gasteiger partial charge is 0.462 e. The fourth-order valence-electron chi connectivity index (χ4n) is 4.41. The van der Waals surface area contributed by atoms with Crippen molar-refractivity contribution in [1.82, 2.24) is 0 Å². The number of ether oxygens (including phenoxy) is 6. The van der Waals surface area contributed by atoms with Crippen LogP contribution in [0.25, 0.3) is 0 Å². The van der Waals surface area contributed by atoms with Crippen LogP contribution < -0.4 is 0 Å². The molecule has 1 N–H and O–H groups in total. The molecule has 8 heteroatoms. The average Bonchev–Trinajstić information content (AvgIpc) is 3.31. The molecule has 0 radical (unpaired) electrons. The first kappa shape index (κ1) is 22.5. The lowest BCUT2D eigenvalue weighted by Crippen LogP contribution is -2.60. The topological polar surface area (TPSA) is 92.7 Å². The predicted octanol–water partition coefficient (Wildman–Crippen LogP) is 3.04. The Morgan fingerprint density at radius 2 is 1.52 bits per heavy atom. The number of esters is 1. The fraction of sp³-hybridized carbons (Fsp3) is 0.480. The van der Waals surface area contributed by atoms with Crippen molar-refractivity contribution < 1.29 is 38.3 Å². The van der Waals surface area contributed by atoms with Crippen LogP contribution in [0.1, 0.15) is 53.5 Å². The second-order valence-electron chi connectivity index (χ2n) is 8.30. The van der Waals surface area contributed by atoms with Crippen LogP contribution in [0.2, 0.25) is 0 Å². The molecular weight excluding hydrogens is 428 g/mol. The molecule has 2 aromatic rings. The van der Waals surface area contributed by atoms with E-state index in [4.69, 9.17) is 28.4 Å². The summed E-state index contributed by atoms with van der Waals surface area (Å²) in [6.45, 7) is 4.45. The van der Waals surface area contributed by atoms with Gasteiger partial charge in [-0.2, -0.15) is 0 Å². The van der Waals surface area contributed by atoms with Crippen LogP contribution in [0.4, 0.5) is 0 Å². The van der Waals surface area contributed by atoms with Gasteiger partial charge in [0, 0.05) is 11.1 Å². The van der Waals surface area contributed by atoms with Gasteiger partial charge in [0.05, 0.1) is 18.8 Å². The number of aryl methyl sites for hydroxylation is 1. The normalized spacial score (nSPS) is 33.2. The summed E-state index contributed by atoms with van der Waals surface area (Å²) in [6.07, 6.45) is -3.65. The van der Waals surface area contributed by atoms with Crippen LogP contribution in [-0.4, -0.2) is 55.0 Å². The highest BCUT2D eigenvalue weighted by Crippen LogP contribution is 2.43. The van der Waals surface area contributed by atoms with Gasteiger partial charge in [0.25, 0.3) is 0 Å². The van der Waals surface area contributed by atoms with E-state index in [9.17, 15) is 9.90 Å². The number of carbonyl (C=O) groups is 1. The molecule has 3 fully saturated rings. The number of fused-ring (bicyclic) bond motifs is 3. The van der Waals surface area contributed by atoms with Crippen molar-refractivity contribution in [2.45, 2.75) is 63.6 Å². The van der Waals surface area contributed by atoms with Gasteiger partial charge in [-0.1, -0.05) is 43.3 Å². The number of benzene rings is 2. The van der Waals surface area contributed by atoms with Gasteiger partial charge in [0.2, 0.25) is 0 Å². The number of carbonyl (C=O) groups excluding carboxylic acids is 1. The van der Waals surface area contributed by atoms with Gasteiger partial charge in [-0.05, 0) is 31.0 Å². The smallest absolute Gasteiger partial charge is 0.338 e. The van der Waals surface area contributed by atoms with E-state index in [1.807, 2.05) is 12.1 Å². The number of rotatable bonds is 5. The number of hydrogen-bond acceptors (Lipinski definition) is 8. The maximum atomic E-state index is 11.9. The van der Waals surface area contributed by atoms with Crippen molar-refractivity contribution in [1.29, 1.82) is 0 Å². The van der Waals surface area contributed by atoms with Crippen molar-refractivity contribution in [3.63, 3.8) is 0 Å². The summed E-state index contributed by atoms with van der Waals surface area (Å²) in [5.74, 6) is -0.383. The first-order valence-electron chi connectivity index (χ1n) is 11.3. The molecule has 0 saturated carbocycles. The molecule has 0 amide bonds. The van der Waals surface area contributed by atoms with Crippen LogP contribution in [0, 0.1) is 0 Å². The monoisotopic (exact) mass is 456 g/mol. The maximum absolute atomic E-state index is 11.9. The van der Waals surface area contributed by atoms with E-state index in [1.165, 1.54) is 5.56 Å². The molecule has 0 spiro atoms. The molecule has 3 heterocycles. The van der Waals surface area contributed by atoms with E-state index in [0.29, 0.717) is 12.2 Å². The summed E-state index contributed by atoms with van der Waals surface area (Å²) in [7, 11) is 0. The molecule has 5 rings (SSSR count). The molecule has 3 saturated heterocycles. The van der Waals surface area contributed by atoms with Gasteiger partial charge in [-0.15, -0.1) is 0 Å². The first-order chi connectivity index (χ1) is 16.1. The molecule has 0 aliphatic carbocycles. The van der Waals surface area contributed by atoms with Crippen LogP contribution in [0.15, 0.2) is 48.5 Å². The second kappa shape index (κ2) is 9.50. The lowest BCUT2D eigenvalue weighted by molar-refractivity contribution is -0.340. The van der Waals surface area contributed by atoms with Crippen molar-refractivity contribution in [2.75, 3.05) is 13.2 Å². The van der Waals surface area contributed by atoms with Gasteiger partial charge < -0.3 is 33.5 Å². The molecule has 0 aromatic heterocycles. The van der Waals surface area contributed by atoms with Crippen molar-refractivity contribution >= 4 is 5.97 Å². The Kier molecular flexibility index (Phi) is 6.47. The van der Waals surface area contributed by atoms with Crippen molar-refractivity contribution in [3.05, 3.63) is 70.8 Å². The van der Waals surface area contributed by atoms with Crippen molar-refractivity contribution in [2.24, 2.45) is 0 Å². The van der Waals surface area contributed by atoms with E-state index in [1.54, 1.807) is 31.2 Å². The van der Waals surface area contributed by atoms with E-state index in [-0.39, 0.29) is 12.6 Å². The third-order valence-corrected chi connectivity index (χ3v) is 6.22. The van der Waals surface area contributed by atoms with Gasteiger partial charge >= 0.3 is 5.97 Å². The summed E-state index contributed by atoms with van der Waals surface area (Å²) in [5.41, 5.74) is 3.32. The zero-order valence-electron chi connectivity index (χ0n) is 18.6. The molecule has 33 heavy (non-hydrogen) atoms. The van der Waals surface area contributed by atoms with E-state index in [0.717, 1.165) is 17.5 Å². The Hall–Kier alpha value is -2.33. The minimum absolute atomic E-state index is 0.271. The summed E-state index contributed by atoms with van der Waals surface area (Å²) in [6, 6.07) is 15.0. The molecular formula is C25H28O8. The highest BCUT2D eigenvalue weighted by molar-refractivity contribution is 5.89. The first-order valence-corrected chi connectivity index (χ1v) is 11.3. The molecule has 3 aliphatic heterocycles. The summed E-state index contributed by atoms with van der Waals surface area (Å²) >= 11 is 0. The van der Waals surface area contributed by atoms with Crippen LogP contribution in [0.3, 0.4) is 0 Å². The van der Waals surface area contributed by atoms with Gasteiger partial charge in [0.15, 0.2) is 18.9 Å². The van der Waals surface area contributed by atoms with E-state index < -0.39 is 43.3 Å². The molecule has 0 bridgehead atoms. The Morgan fingerprint density at radius 1 is 0.879 bits per heavy atom. The fourth-order valence-corrected chi connectivity index (χ4v) is 4.41. The lowest BCUT2D eigenvalue weighted by atomic mass is 9.98. The van der Waals surface area contributed by atoms with Crippen molar-refractivity contribution in [3.8, 4) is 0 Å². The highest BCUT2D eigenvalue weighted by atomic mass is 16.8. The molecule has 2 aromatic carbocycles. The van der Waals surface area contributed by atoms with E-state index >= 15 is 0 Å². The molecule has 3 aliphatic rings. The third kappa shape index (κ3) is 4.42. The molecule has 8 nitrogen and oxygen atoms in total. The van der Waals surface area contributed by atoms with Crippen LogP contribution in [-0.2, 0) is 34.8 Å². The molecule has 176 valence electrons. The lowest BCUT2D eigenvalue weighted by Gasteiger charge is -2.44. The predicted molar refractivity (Wildman–Crippen MR) is 115 cm³/mol. The molecule has 7 atom stereocenters. The number of aliphatic hydroxyl groups excluding tert-OH is 1.